The molecule has 1 N–H and O–H groups in total. The first-order chi connectivity index (χ1) is 15.7. The van der Waals surface area contributed by atoms with E-state index in [1.54, 1.807) is 19.2 Å². The van der Waals surface area contributed by atoms with Gasteiger partial charge in [0.2, 0.25) is 0 Å². The minimum absolute atomic E-state index is 0.324. The first kappa shape index (κ1) is 24.9. The van der Waals surface area contributed by atoms with Crippen LogP contribution in [0.25, 0.3) is 0 Å². The molecule has 0 saturated heterocycles. The van der Waals surface area contributed by atoms with Crippen molar-refractivity contribution in [3.05, 3.63) is 90.6 Å². The topological polar surface area (TPSA) is 55.8 Å². The van der Waals surface area contributed by atoms with Gasteiger partial charge in [-0.25, -0.2) is 4.79 Å². The third-order valence-electron chi connectivity index (χ3n) is 4.19. The molecule has 5 heteroatoms. The molecule has 0 saturated carbocycles. The van der Waals surface area contributed by atoms with Gasteiger partial charge < -0.3 is 14.6 Å². The number of aromatic carboxylic acids is 1. The van der Waals surface area contributed by atoms with Gasteiger partial charge >= 0.3 is 5.97 Å². The summed E-state index contributed by atoms with van der Waals surface area (Å²) in [7, 11) is 1.64. The Bertz CT molecular complexity index is 996. The van der Waals surface area contributed by atoms with E-state index >= 15 is 0 Å². The number of carboxylic acid groups (broad SMARTS) is 1. The van der Waals surface area contributed by atoms with Crippen molar-refractivity contribution in [3.63, 3.8) is 0 Å². The number of methoxy groups -OCH3 is 1. The molecule has 0 aromatic heterocycles. The first-order valence-electron chi connectivity index (χ1n) is 10.3. The van der Waals surface area contributed by atoms with Crippen LogP contribution in [0.5, 0.6) is 11.5 Å². The predicted octanol–water partition coefficient (Wildman–Crippen LogP) is 6.41. The predicted molar refractivity (Wildman–Crippen MR) is 132 cm³/mol. The second-order valence-corrected chi connectivity index (χ2v) is 7.54. The zero-order valence-corrected chi connectivity index (χ0v) is 19.0. The number of allylic oxidation sites excluding steroid dienone is 5. The van der Waals surface area contributed by atoms with Gasteiger partial charge in [0.15, 0.2) is 0 Å². The molecule has 2 aromatic rings. The number of ether oxygens (including phenoxy) is 2. The highest BCUT2D eigenvalue weighted by Gasteiger charge is 2.08. The molecule has 0 radical (unpaired) electrons. The molecule has 2 rings (SSSR count). The highest BCUT2D eigenvalue weighted by atomic mass is 32.2. The van der Waals surface area contributed by atoms with Gasteiger partial charge in [-0.15, -0.1) is 11.8 Å². The second-order valence-electron chi connectivity index (χ2n) is 6.52. The maximum atomic E-state index is 11.2. The number of hydrogen-bond donors (Lipinski definition) is 1. The summed E-state index contributed by atoms with van der Waals surface area (Å²) in [6.07, 6.45) is 14.9. The van der Waals surface area contributed by atoms with E-state index in [-0.39, 0.29) is 0 Å². The smallest absolute Gasteiger partial charge is 0.336 e. The molecule has 0 amide bonds. The molecule has 0 spiro atoms. The summed E-state index contributed by atoms with van der Waals surface area (Å²) in [5.41, 5.74) is 0.324. The molecule has 2 aromatic carbocycles. The van der Waals surface area contributed by atoms with E-state index in [1.807, 2.05) is 48.6 Å². The van der Waals surface area contributed by atoms with Crippen molar-refractivity contribution in [2.75, 3.05) is 19.5 Å². The fourth-order valence-electron chi connectivity index (χ4n) is 2.59. The van der Waals surface area contributed by atoms with Crippen molar-refractivity contribution in [1.82, 2.24) is 0 Å². The fraction of sp³-hybridized carbons (Fsp3) is 0.222. The molecule has 4 nitrogen and oxygen atoms in total. The van der Waals surface area contributed by atoms with Crippen LogP contribution in [-0.4, -0.2) is 30.5 Å². The van der Waals surface area contributed by atoms with Gasteiger partial charge in [-0.3, -0.25) is 0 Å². The normalized spacial score (nSPS) is 11.0. The number of hydrogen-bond acceptors (Lipinski definition) is 4. The lowest BCUT2D eigenvalue weighted by molar-refractivity contribution is 0.0693. The summed E-state index contributed by atoms with van der Waals surface area (Å²) in [5.74, 6) is 7.41. The lowest BCUT2D eigenvalue weighted by Crippen LogP contribution is -1.98. The van der Waals surface area contributed by atoms with Crippen LogP contribution in [0.1, 0.15) is 29.6 Å². The van der Waals surface area contributed by atoms with E-state index in [2.05, 4.69) is 36.1 Å². The van der Waals surface area contributed by atoms with Crippen molar-refractivity contribution >= 4 is 17.7 Å². The Labute approximate surface area is 194 Å². The molecular weight excluding hydrogens is 420 g/mol. The van der Waals surface area contributed by atoms with E-state index in [0.29, 0.717) is 24.3 Å². The third-order valence-corrected chi connectivity index (χ3v) is 5.15. The van der Waals surface area contributed by atoms with Gasteiger partial charge in [0.25, 0.3) is 0 Å². The number of thioether (sulfide) groups is 1. The first-order valence-corrected chi connectivity index (χ1v) is 11.3. The van der Waals surface area contributed by atoms with Crippen LogP contribution in [0.2, 0.25) is 0 Å². The molecule has 0 fully saturated rings. The quantitative estimate of drug-likeness (QED) is 0.231. The van der Waals surface area contributed by atoms with Gasteiger partial charge in [0.05, 0.1) is 18.4 Å². The molecule has 0 heterocycles. The SMILES string of the molecule is COc1cccc(OC/C=C\C/C=C\C/C=C\CC#CCSc2ccccc2C(=O)O)c1. The number of carboxylic acids is 1. The van der Waals surface area contributed by atoms with E-state index in [1.165, 1.54) is 11.8 Å². The Kier molecular flexibility index (Phi) is 12.0. The molecule has 0 aliphatic carbocycles. The second kappa shape index (κ2) is 15.4. The highest BCUT2D eigenvalue weighted by Crippen LogP contribution is 2.22. The molecule has 0 aliphatic heterocycles. The maximum Gasteiger partial charge on any atom is 0.336 e. The lowest BCUT2D eigenvalue weighted by atomic mass is 10.2. The van der Waals surface area contributed by atoms with E-state index in [0.717, 1.165) is 29.2 Å². The Morgan fingerprint density at radius 2 is 1.66 bits per heavy atom. The average molecular weight is 449 g/mol. The molecule has 0 aliphatic rings. The van der Waals surface area contributed by atoms with Crippen LogP contribution in [0.4, 0.5) is 0 Å². The highest BCUT2D eigenvalue weighted by molar-refractivity contribution is 7.99. The van der Waals surface area contributed by atoms with Crippen LogP contribution in [0, 0.1) is 11.8 Å². The third kappa shape index (κ3) is 10.1. The van der Waals surface area contributed by atoms with Crippen molar-refractivity contribution in [2.24, 2.45) is 0 Å². The fourth-order valence-corrected chi connectivity index (χ4v) is 3.41. The van der Waals surface area contributed by atoms with Crippen LogP contribution >= 0.6 is 11.8 Å². The van der Waals surface area contributed by atoms with Gasteiger partial charge in [-0.05, 0) is 37.1 Å². The Morgan fingerprint density at radius 3 is 2.44 bits per heavy atom. The van der Waals surface area contributed by atoms with E-state index in [9.17, 15) is 4.79 Å². The Hall–Kier alpha value is -3.36. The largest absolute Gasteiger partial charge is 0.497 e. The zero-order chi connectivity index (χ0) is 22.9. The van der Waals surface area contributed by atoms with Gasteiger partial charge in [0, 0.05) is 17.4 Å². The van der Waals surface area contributed by atoms with Crippen molar-refractivity contribution < 1.29 is 19.4 Å². The van der Waals surface area contributed by atoms with E-state index in [4.69, 9.17) is 14.6 Å². The summed E-state index contributed by atoms with van der Waals surface area (Å²) in [5, 5.41) is 9.16. The minimum atomic E-state index is -0.908. The Balaban J connectivity index is 1.54. The summed E-state index contributed by atoms with van der Waals surface area (Å²) < 4.78 is 10.8. The van der Waals surface area contributed by atoms with Crippen LogP contribution in [-0.2, 0) is 0 Å². The summed E-state index contributed by atoms with van der Waals surface area (Å²) in [6.45, 7) is 0.528. The molecule has 0 unspecified atom stereocenters. The minimum Gasteiger partial charge on any atom is -0.497 e. The van der Waals surface area contributed by atoms with Gasteiger partial charge in [-0.2, -0.15) is 0 Å². The Morgan fingerprint density at radius 1 is 0.938 bits per heavy atom. The monoisotopic (exact) mass is 448 g/mol. The zero-order valence-electron chi connectivity index (χ0n) is 18.2. The van der Waals surface area contributed by atoms with Gasteiger partial charge in [0.1, 0.15) is 18.1 Å². The summed E-state index contributed by atoms with van der Waals surface area (Å²) >= 11 is 1.45. The maximum absolute atomic E-state index is 11.2. The van der Waals surface area contributed by atoms with Crippen LogP contribution < -0.4 is 9.47 Å². The van der Waals surface area contributed by atoms with Gasteiger partial charge in [-0.1, -0.05) is 66.5 Å². The lowest BCUT2D eigenvalue weighted by Gasteiger charge is -2.04. The number of carbonyl (C=O) groups is 1. The molecule has 0 atom stereocenters. The summed E-state index contributed by atoms with van der Waals surface area (Å²) in [4.78, 5) is 11.9. The molecule has 0 bridgehead atoms. The molecule has 32 heavy (non-hydrogen) atoms. The molecule has 166 valence electrons. The number of benzene rings is 2. The standard InChI is InChI=1S/C27H28O4S/c1-30-23-16-15-17-24(22-23)31-20-13-9-7-5-3-2-4-6-8-10-14-21-32-26-19-12-11-18-25(26)27(28)29/h3-6,9,11-13,15-19,22H,2,7-8,20-21H2,1H3,(H,28,29)/b5-3-,6-4-,13-9-. The molecular formula is C27H28O4S. The number of rotatable bonds is 12. The van der Waals surface area contributed by atoms with Crippen LogP contribution in [0.3, 0.4) is 0 Å². The average Bonchev–Trinajstić information content (AvgIpc) is 2.81. The summed E-state index contributed by atoms with van der Waals surface area (Å²) in [6, 6.07) is 14.5. The van der Waals surface area contributed by atoms with Crippen LogP contribution in [0.15, 0.2) is 89.9 Å². The van der Waals surface area contributed by atoms with Crippen molar-refractivity contribution in [1.29, 1.82) is 0 Å². The van der Waals surface area contributed by atoms with E-state index < -0.39 is 5.97 Å². The van der Waals surface area contributed by atoms with Crippen molar-refractivity contribution in [2.45, 2.75) is 24.2 Å². The van der Waals surface area contributed by atoms with Crippen molar-refractivity contribution in [3.8, 4) is 23.3 Å².